The number of rotatable bonds is 3. The molecular formula is C34H24N2. The van der Waals surface area contributed by atoms with Gasteiger partial charge in [-0.25, -0.2) is 4.98 Å². The second kappa shape index (κ2) is 8.21. The van der Waals surface area contributed by atoms with Crippen molar-refractivity contribution >= 4 is 32.3 Å². The van der Waals surface area contributed by atoms with Crippen LogP contribution in [0.1, 0.15) is 5.56 Å². The van der Waals surface area contributed by atoms with Gasteiger partial charge < -0.3 is 4.98 Å². The molecule has 0 bridgehead atoms. The maximum Gasteiger partial charge on any atom is 0.137 e. The van der Waals surface area contributed by atoms with Crippen LogP contribution in [-0.2, 0) is 0 Å². The minimum absolute atomic E-state index is 0.888. The van der Waals surface area contributed by atoms with Crippen LogP contribution in [0, 0.1) is 6.92 Å². The largest absolute Gasteiger partial charge is 0.345 e. The fourth-order valence-electron chi connectivity index (χ4n) is 5.58. The first-order chi connectivity index (χ1) is 17.8. The summed E-state index contributed by atoms with van der Waals surface area (Å²) in [4.78, 5) is 7.62. The van der Waals surface area contributed by atoms with E-state index in [0.29, 0.717) is 0 Å². The summed E-state index contributed by atoms with van der Waals surface area (Å²) in [5.74, 6) is 0.888. The smallest absolute Gasteiger partial charge is 0.137 e. The maximum absolute atomic E-state index is 4.41. The van der Waals surface area contributed by atoms with E-state index in [-0.39, 0.29) is 0 Å². The highest BCUT2D eigenvalue weighted by molar-refractivity contribution is 6.22. The lowest BCUT2D eigenvalue weighted by Gasteiger charge is -2.19. The van der Waals surface area contributed by atoms with Crippen molar-refractivity contribution in [3.8, 4) is 33.6 Å². The molecule has 0 amide bonds. The van der Waals surface area contributed by atoms with Crippen molar-refractivity contribution in [2.24, 2.45) is 0 Å². The molecular weight excluding hydrogens is 436 g/mol. The fraction of sp³-hybridized carbons (Fsp3) is 0.0294. The zero-order valence-electron chi connectivity index (χ0n) is 20.0. The van der Waals surface area contributed by atoms with Crippen LogP contribution in [-0.4, -0.2) is 9.97 Å². The highest BCUT2D eigenvalue weighted by Crippen LogP contribution is 2.45. The average Bonchev–Trinajstić information content (AvgIpc) is 3.47. The second-order valence-corrected chi connectivity index (χ2v) is 9.37. The summed E-state index contributed by atoms with van der Waals surface area (Å²) in [6.07, 6.45) is 3.65. The van der Waals surface area contributed by atoms with Crippen molar-refractivity contribution in [1.29, 1.82) is 0 Å². The van der Waals surface area contributed by atoms with Gasteiger partial charge >= 0.3 is 0 Å². The van der Waals surface area contributed by atoms with Crippen LogP contribution in [0.15, 0.2) is 122 Å². The SMILES string of the molecule is Cc1cccc2c(-c3ccc4ccccc4c3)c3ccccc3c(-c3ccc(-c4ncc[nH]4)cc3)c12. The molecule has 2 heteroatoms. The minimum atomic E-state index is 0.888. The quantitative estimate of drug-likeness (QED) is 0.262. The fourth-order valence-corrected chi connectivity index (χ4v) is 5.58. The lowest BCUT2D eigenvalue weighted by Crippen LogP contribution is -1.93. The average molecular weight is 461 g/mol. The summed E-state index contributed by atoms with van der Waals surface area (Å²) < 4.78 is 0. The van der Waals surface area contributed by atoms with Crippen molar-refractivity contribution < 1.29 is 0 Å². The van der Waals surface area contributed by atoms with Gasteiger partial charge in [0.2, 0.25) is 0 Å². The van der Waals surface area contributed by atoms with Crippen molar-refractivity contribution in [2.75, 3.05) is 0 Å². The van der Waals surface area contributed by atoms with Gasteiger partial charge in [-0.05, 0) is 73.1 Å². The van der Waals surface area contributed by atoms with E-state index in [4.69, 9.17) is 0 Å². The molecule has 0 saturated carbocycles. The van der Waals surface area contributed by atoms with E-state index < -0.39 is 0 Å². The number of nitrogens with one attached hydrogen (secondary N) is 1. The minimum Gasteiger partial charge on any atom is -0.345 e. The zero-order valence-corrected chi connectivity index (χ0v) is 20.0. The maximum atomic E-state index is 4.41. The van der Waals surface area contributed by atoms with Gasteiger partial charge in [-0.1, -0.05) is 103 Å². The van der Waals surface area contributed by atoms with E-state index in [0.717, 1.165) is 11.4 Å². The number of nitrogens with zero attached hydrogens (tertiary/aromatic N) is 1. The van der Waals surface area contributed by atoms with Gasteiger partial charge in [-0.3, -0.25) is 0 Å². The first-order valence-corrected chi connectivity index (χ1v) is 12.3. The topological polar surface area (TPSA) is 28.7 Å². The van der Waals surface area contributed by atoms with Gasteiger partial charge in [-0.2, -0.15) is 0 Å². The number of hydrogen-bond acceptors (Lipinski definition) is 1. The van der Waals surface area contributed by atoms with Crippen LogP contribution >= 0.6 is 0 Å². The van der Waals surface area contributed by atoms with Crippen LogP contribution in [0.4, 0.5) is 0 Å². The molecule has 0 fully saturated rings. The zero-order chi connectivity index (χ0) is 24.1. The van der Waals surface area contributed by atoms with Crippen molar-refractivity contribution in [1.82, 2.24) is 9.97 Å². The Morgan fingerprint density at radius 3 is 2.00 bits per heavy atom. The Labute approximate surface area is 209 Å². The molecule has 7 aromatic rings. The molecule has 0 atom stereocenters. The molecule has 0 spiro atoms. The predicted molar refractivity (Wildman–Crippen MR) is 152 cm³/mol. The van der Waals surface area contributed by atoms with Gasteiger partial charge in [0.25, 0.3) is 0 Å². The molecule has 0 radical (unpaired) electrons. The van der Waals surface area contributed by atoms with Crippen LogP contribution in [0.2, 0.25) is 0 Å². The van der Waals surface area contributed by atoms with Crippen LogP contribution < -0.4 is 0 Å². The second-order valence-electron chi connectivity index (χ2n) is 9.37. The van der Waals surface area contributed by atoms with Crippen molar-refractivity contribution in [2.45, 2.75) is 6.92 Å². The molecule has 1 aromatic heterocycles. The van der Waals surface area contributed by atoms with E-state index in [1.165, 1.54) is 60.1 Å². The van der Waals surface area contributed by atoms with E-state index >= 15 is 0 Å². The number of fused-ring (bicyclic) bond motifs is 3. The van der Waals surface area contributed by atoms with Gasteiger partial charge in [0, 0.05) is 18.0 Å². The molecule has 6 aromatic carbocycles. The normalized spacial score (nSPS) is 11.5. The summed E-state index contributed by atoms with van der Waals surface area (Å²) in [5.41, 5.74) is 7.42. The highest BCUT2D eigenvalue weighted by Gasteiger charge is 2.18. The monoisotopic (exact) mass is 460 g/mol. The van der Waals surface area contributed by atoms with Crippen molar-refractivity contribution in [3.63, 3.8) is 0 Å². The number of aryl methyl sites for hydroxylation is 1. The molecule has 0 saturated heterocycles. The lowest BCUT2D eigenvalue weighted by molar-refractivity contribution is 1.31. The third-order valence-corrected chi connectivity index (χ3v) is 7.24. The lowest BCUT2D eigenvalue weighted by atomic mass is 9.84. The summed E-state index contributed by atoms with van der Waals surface area (Å²) in [6, 6.07) is 39.7. The molecule has 7 rings (SSSR count). The first-order valence-electron chi connectivity index (χ1n) is 12.3. The number of aromatic amines is 1. The Morgan fingerprint density at radius 2 is 1.22 bits per heavy atom. The van der Waals surface area contributed by atoms with Crippen molar-refractivity contribution in [3.05, 3.63) is 127 Å². The number of hydrogen-bond donors (Lipinski definition) is 1. The van der Waals surface area contributed by atoms with Gasteiger partial charge in [0.05, 0.1) is 0 Å². The summed E-state index contributed by atoms with van der Waals surface area (Å²) in [6.45, 7) is 2.22. The molecule has 0 unspecified atom stereocenters. The van der Waals surface area contributed by atoms with E-state index in [1.807, 2.05) is 6.20 Å². The van der Waals surface area contributed by atoms with E-state index in [1.54, 1.807) is 6.20 Å². The standard InChI is InChI=1S/C34H24N2/c1-22-7-6-12-30-31(22)33(24-14-16-25(17-15-24)34-35-19-20-36-34)29-11-5-4-10-28(29)32(30)27-18-13-23-8-2-3-9-26(23)21-27/h2-21H,1H3,(H,35,36). The number of aromatic nitrogens is 2. The number of H-pyrrole nitrogens is 1. The Bertz CT molecular complexity index is 1880. The summed E-state index contributed by atoms with van der Waals surface area (Å²) >= 11 is 0. The molecule has 1 N–H and O–H groups in total. The van der Waals surface area contributed by atoms with Gasteiger partial charge in [-0.15, -0.1) is 0 Å². The molecule has 2 nitrogen and oxygen atoms in total. The summed E-state index contributed by atoms with van der Waals surface area (Å²) in [5, 5.41) is 7.67. The Hall–Kier alpha value is -4.69. The van der Waals surface area contributed by atoms with Crippen LogP contribution in [0.5, 0.6) is 0 Å². The molecule has 0 aliphatic heterocycles. The van der Waals surface area contributed by atoms with Gasteiger partial charge in [0.1, 0.15) is 5.82 Å². The molecule has 0 aliphatic rings. The van der Waals surface area contributed by atoms with Gasteiger partial charge in [0.15, 0.2) is 0 Å². The molecule has 170 valence electrons. The molecule has 36 heavy (non-hydrogen) atoms. The Balaban J connectivity index is 1.55. The third-order valence-electron chi connectivity index (χ3n) is 7.24. The number of imidazole rings is 1. The molecule has 0 aliphatic carbocycles. The molecule has 1 heterocycles. The van der Waals surface area contributed by atoms with E-state index in [9.17, 15) is 0 Å². The highest BCUT2D eigenvalue weighted by atomic mass is 14.9. The van der Waals surface area contributed by atoms with Crippen LogP contribution in [0.3, 0.4) is 0 Å². The third kappa shape index (κ3) is 3.23. The number of benzene rings is 6. The van der Waals surface area contributed by atoms with E-state index in [2.05, 4.69) is 126 Å². The Morgan fingerprint density at radius 1 is 0.556 bits per heavy atom. The Kier molecular flexibility index (Phi) is 4.71. The summed E-state index contributed by atoms with van der Waals surface area (Å²) in [7, 11) is 0. The predicted octanol–water partition coefficient (Wildman–Crippen LogP) is 9.18. The van der Waals surface area contributed by atoms with Crippen LogP contribution in [0.25, 0.3) is 66.0 Å². The first kappa shape index (κ1) is 20.7.